The summed E-state index contributed by atoms with van der Waals surface area (Å²) in [4.78, 5) is 24.8. The molecule has 2 aromatic carbocycles. The van der Waals surface area contributed by atoms with Crippen molar-refractivity contribution in [2.75, 3.05) is 5.32 Å². The first-order chi connectivity index (χ1) is 16.2. The quantitative estimate of drug-likeness (QED) is 0.348. The van der Waals surface area contributed by atoms with Crippen molar-refractivity contribution in [3.8, 4) is 22.5 Å². The Kier molecular flexibility index (Phi) is 4.43. The Balaban J connectivity index is 1.36. The van der Waals surface area contributed by atoms with Gasteiger partial charge in [0.15, 0.2) is 5.65 Å². The van der Waals surface area contributed by atoms with Crippen LogP contribution < -0.4 is 5.32 Å². The van der Waals surface area contributed by atoms with Crippen molar-refractivity contribution in [1.82, 2.24) is 25.1 Å². The fraction of sp³-hybridized carbons (Fsp3) is 0. The highest BCUT2D eigenvalue weighted by Gasteiger charge is 2.13. The van der Waals surface area contributed by atoms with E-state index in [0.717, 1.165) is 38.8 Å². The maximum absolute atomic E-state index is 12.5. The van der Waals surface area contributed by atoms with Crippen molar-refractivity contribution in [3.05, 3.63) is 97.0 Å². The van der Waals surface area contributed by atoms with E-state index in [1.54, 1.807) is 30.7 Å². The van der Waals surface area contributed by atoms with E-state index in [-0.39, 0.29) is 5.91 Å². The number of hydrogen-bond acceptors (Lipinski definition) is 4. The number of carbonyl (C=O) groups excluding carboxylic acids is 1. The van der Waals surface area contributed by atoms with Crippen LogP contribution in [0.5, 0.6) is 0 Å². The van der Waals surface area contributed by atoms with Crippen LogP contribution in [0.3, 0.4) is 0 Å². The average molecular weight is 430 g/mol. The van der Waals surface area contributed by atoms with Crippen LogP contribution in [0.4, 0.5) is 5.69 Å². The number of aromatic amines is 2. The van der Waals surface area contributed by atoms with Gasteiger partial charge in [-0.3, -0.25) is 14.9 Å². The molecule has 0 spiro atoms. The zero-order chi connectivity index (χ0) is 22.2. The number of anilines is 1. The second-order valence-corrected chi connectivity index (χ2v) is 7.75. The first-order valence-electron chi connectivity index (χ1n) is 10.5. The normalized spacial score (nSPS) is 11.2. The lowest BCUT2D eigenvalue weighted by Gasteiger charge is -2.07. The second-order valence-electron chi connectivity index (χ2n) is 7.75. The molecular formula is C26H18N6O. The van der Waals surface area contributed by atoms with Gasteiger partial charge in [-0.25, -0.2) is 4.98 Å². The van der Waals surface area contributed by atoms with E-state index < -0.39 is 0 Å². The third kappa shape index (κ3) is 3.51. The molecule has 0 unspecified atom stereocenters. The van der Waals surface area contributed by atoms with Gasteiger partial charge in [-0.1, -0.05) is 36.4 Å². The van der Waals surface area contributed by atoms with Gasteiger partial charge in [0.25, 0.3) is 5.91 Å². The average Bonchev–Trinajstić information content (AvgIpc) is 3.48. The highest BCUT2D eigenvalue weighted by Crippen LogP contribution is 2.31. The van der Waals surface area contributed by atoms with E-state index in [1.165, 1.54) is 0 Å². The van der Waals surface area contributed by atoms with Crippen LogP contribution in [0.25, 0.3) is 44.5 Å². The third-order valence-corrected chi connectivity index (χ3v) is 5.57. The number of amides is 1. The van der Waals surface area contributed by atoms with Crippen LogP contribution in [0.2, 0.25) is 0 Å². The van der Waals surface area contributed by atoms with E-state index >= 15 is 0 Å². The Morgan fingerprint density at radius 2 is 1.67 bits per heavy atom. The number of rotatable bonds is 4. The molecule has 0 aliphatic carbocycles. The van der Waals surface area contributed by atoms with Gasteiger partial charge >= 0.3 is 0 Å². The summed E-state index contributed by atoms with van der Waals surface area (Å²) in [6, 6.07) is 23.2. The SMILES string of the molecule is O=C(Nc1cncc(-c2cnc3n[nH]c(-c4cc5ccccc5[nH]4)c3c2)c1)c1ccccc1. The maximum atomic E-state index is 12.5. The number of nitrogens with zero attached hydrogens (tertiary/aromatic N) is 3. The zero-order valence-corrected chi connectivity index (χ0v) is 17.4. The number of hydrogen-bond donors (Lipinski definition) is 3. The predicted molar refractivity (Wildman–Crippen MR) is 129 cm³/mol. The molecule has 0 saturated carbocycles. The van der Waals surface area contributed by atoms with E-state index in [1.807, 2.05) is 48.5 Å². The zero-order valence-electron chi connectivity index (χ0n) is 17.4. The number of benzene rings is 2. The second kappa shape index (κ2) is 7.72. The number of aromatic nitrogens is 5. The minimum absolute atomic E-state index is 0.181. The molecular weight excluding hydrogens is 412 g/mol. The highest BCUT2D eigenvalue weighted by atomic mass is 16.1. The summed E-state index contributed by atoms with van der Waals surface area (Å²) in [6.07, 6.45) is 5.14. The van der Waals surface area contributed by atoms with Crippen LogP contribution in [-0.2, 0) is 0 Å². The van der Waals surface area contributed by atoms with Crippen molar-refractivity contribution >= 4 is 33.5 Å². The van der Waals surface area contributed by atoms with Gasteiger partial charge in [0.1, 0.15) is 0 Å². The van der Waals surface area contributed by atoms with Crippen molar-refractivity contribution in [2.24, 2.45) is 0 Å². The minimum atomic E-state index is -0.181. The highest BCUT2D eigenvalue weighted by molar-refractivity contribution is 6.04. The summed E-state index contributed by atoms with van der Waals surface area (Å²) >= 11 is 0. The molecule has 0 saturated heterocycles. The summed E-state index contributed by atoms with van der Waals surface area (Å²) in [5, 5.41) is 12.4. The lowest BCUT2D eigenvalue weighted by atomic mass is 10.1. The van der Waals surface area contributed by atoms with E-state index in [2.05, 4.69) is 42.6 Å². The molecule has 1 amide bonds. The number of fused-ring (bicyclic) bond motifs is 2. The topological polar surface area (TPSA) is 99.3 Å². The Morgan fingerprint density at radius 1 is 0.848 bits per heavy atom. The van der Waals surface area contributed by atoms with Crippen LogP contribution in [-0.4, -0.2) is 31.1 Å². The van der Waals surface area contributed by atoms with E-state index in [0.29, 0.717) is 16.9 Å². The lowest BCUT2D eigenvalue weighted by Crippen LogP contribution is -2.11. The van der Waals surface area contributed by atoms with Gasteiger partial charge < -0.3 is 10.3 Å². The fourth-order valence-electron chi connectivity index (χ4n) is 3.93. The number of carbonyl (C=O) groups is 1. The first-order valence-corrected chi connectivity index (χ1v) is 10.5. The van der Waals surface area contributed by atoms with E-state index in [9.17, 15) is 4.79 Å². The summed E-state index contributed by atoms with van der Waals surface area (Å²) in [5.74, 6) is -0.181. The molecule has 158 valence electrons. The number of para-hydroxylation sites is 1. The molecule has 0 aliphatic rings. The standard InChI is InChI=1S/C26H18N6O/c33-26(16-6-2-1-3-7-16)29-20-10-18(13-27-15-20)19-11-21-24(31-32-25(21)28-14-19)23-12-17-8-4-5-9-22(17)30-23/h1-15,30H,(H,29,33)(H,28,31,32). The van der Waals surface area contributed by atoms with Crippen LogP contribution in [0.1, 0.15) is 10.4 Å². The molecule has 6 aromatic rings. The van der Waals surface area contributed by atoms with Gasteiger partial charge in [0.2, 0.25) is 0 Å². The first kappa shape index (κ1) is 18.9. The Hall–Kier alpha value is -4.78. The van der Waals surface area contributed by atoms with Gasteiger partial charge in [-0.05, 0) is 36.4 Å². The lowest BCUT2D eigenvalue weighted by molar-refractivity contribution is 0.102. The molecule has 0 atom stereocenters. The molecule has 0 bridgehead atoms. The van der Waals surface area contributed by atoms with Crippen molar-refractivity contribution in [2.45, 2.75) is 0 Å². The van der Waals surface area contributed by atoms with Crippen molar-refractivity contribution in [1.29, 1.82) is 0 Å². The van der Waals surface area contributed by atoms with Crippen LogP contribution >= 0.6 is 0 Å². The fourth-order valence-corrected chi connectivity index (χ4v) is 3.93. The summed E-state index contributed by atoms with van der Waals surface area (Å²) in [7, 11) is 0. The van der Waals surface area contributed by atoms with Gasteiger partial charge in [-0.2, -0.15) is 5.10 Å². The molecule has 4 heterocycles. The van der Waals surface area contributed by atoms with Gasteiger partial charge in [0, 0.05) is 45.4 Å². The molecule has 0 radical (unpaired) electrons. The molecule has 33 heavy (non-hydrogen) atoms. The van der Waals surface area contributed by atoms with Crippen molar-refractivity contribution < 1.29 is 4.79 Å². The summed E-state index contributed by atoms with van der Waals surface area (Å²) in [6.45, 7) is 0. The molecule has 3 N–H and O–H groups in total. The molecule has 0 aliphatic heterocycles. The summed E-state index contributed by atoms with van der Waals surface area (Å²) in [5.41, 5.74) is 6.44. The summed E-state index contributed by atoms with van der Waals surface area (Å²) < 4.78 is 0. The van der Waals surface area contributed by atoms with Crippen LogP contribution in [0.15, 0.2) is 91.4 Å². The van der Waals surface area contributed by atoms with Gasteiger partial charge in [0.05, 0.1) is 23.3 Å². The number of pyridine rings is 2. The predicted octanol–water partition coefficient (Wildman–Crippen LogP) is 5.42. The molecule has 0 fully saturated rings. The smallest absolute Gasteiger partial charge is 0.255 e. The molecule has 7 nitrogen and oxygen atoms in total. The monoisotopic (exact) mass is 430 g/mol. The number of nitrogens with one attached hydrogen (secondary N) is 3. The van der Waals surface area contributed by atoms with E-state index in [4.69, 9.17) is 0 Å². The number of H-pyrrole nitrogens is 2. The third-order valence-electron chi connectivity index (χ3n) is 5.57. The van der Waals surface area contributed by atoms with Crippen molar-refractivity contribution in [3.63, 3.8) is 0 Å². The minimum Gasteiger partial charge on any atom is -0.353 e. The molecule has 6 rings (SSSR count). The Morgan fingerprint density at radius 3 is 2.55 bits per heavy atom. The molecule has 4 aromatic heterocycles. The molecule has 7 heteroatoms. The Labute approximate surface area is 188 Å². The maximum Gasteiger partial charge on any atom is 0.255 e. The van der Waals surface area contributed by atoms with Gasteiger partial charge in [-0.15, -0.1) is 0 Å². The largest absolute Gasteiger partial charge is 0.353 e. The van der Waals surface area contributed by atoms with Crippen LogP contribution in [0, 0.1) is 0 Å². The Bertz CT molecular complexity index is 1580.